The Morgan fingerprint density at radius 3 is 2.55 bits per heavy atom. The SMILES string of the molecule is CC(C)OCCCNC(=O)Nc1cc(F)c(Oc2ccnc3[nH]cc(C(F)(F)F)c23)c(F)c1. The molecule has 3 aromatic rings. The molecule has 2 aromatic heterocycles. The van der Waals surface area contributed by atoms with Gasteiger partial charge in [-0.2, -0.15) is 13.2 Å². The van der Waals surface area contributed by atoms with Gasteiger partial charge in [-0.1, -0.05) is 0 Å². The molecule has 0 radical (unpaired) electrons. The van der Waals surface area contributed by atoms with Gasteiger partial charge in [0.25, 0.3) is 0 Å². The lowest BCUT2D eigenvalue weighted by Crippen LogP contribution is -2.30. The van der Waals surface area contributed by atoms with Crippen LogP contribution < -0.4 is 15.4 Å². The standard InChI is InChI=1S/C21H21F5N4O3/c1-11(2)32-7-3-5-28-20(31)30-12-8-14(22)18(15(23)9-12)33-16-4-6-27-19-17(16)13(10-29-19)21(24,25)26/h4,6,8-11H,3,5,7H2,1-2H3,(H,27,29)(H2,28,30,31). The minimum atomic E-state index is -4.74. The highest BCUT2D eigenvalue weighted by Gasteiger charge is 2.35. The zero-order valence-corrected chi connectivity index (χ0v) is 17.6. The number of anilines is 1. The van der Waals surface area contributed by atoms with Gasteiger partial charge in [-0.15, -0.1) is 0 Å². The number of ether oxygens (including phenoxy) is 2. The van der Waals surface area contributed by atoms with Gasteiger partial charge in [0, 0.05) is 43.4 Å². The van der Waals surface area contributed by atoms with Crippen molar-refractivity contribution in [1.82, 2.24) is 15.3 Å². The fraction of sp³-hybridized carbons (Fsp3) is 0.333. The summed E-state index contributed by atoms with van der Waals surface area (Å²) in [4.78, 5) is 18.0. The molecule has 0 unspecified atom stereocenters. The lowest BCUT2D eigenvalue weighted by molar-refractivity contribution is -0.136. The summed E-state index contributed by atoms with van der Waals surface area (Å²) in [5.74, 6) is -3.79. The predicted molar refractivity (Wildman–Crippen MR) is 110 cm³/mol. The monoisotopic (exact) mass is 472 g/mol. The van der Waals surface area contributed by atoms with E-state index in [9.17, 15) is 26.7 Å². The Kier molecular flexibility index (Phi) is 7.36. The number of hydrogen-bond acceptors (Lipinski definition) is 4. The highest BCUT2D eigenvalue weighted by atomic mass is 19.4. The third kappa shape index (κ3) is 6.09. The van der Waals surface area contributed by atoms with E-state index in [0.29, 0.717) is 19.2 Å². The first-order valence-electron chi connectivity index (χ1n) is 9.93. The number of carbonyl (C=O) groups is 1. The van der Waals surface area contributed by atoms with Gasteiger partial charge in [-0.25, -0.2) is 18.6 Å². The third-order valence-corrected chi connectivity index (χ3v) is 4.37. The average molecular weight is 472 g/mol. The van der Waals surface area contributed by atoms with Crippen molar-refractivity contribution in [2.45, 2.75) is 32.5 Å². The lowest BCUT2D eigenvalue weighted by Gasteiger charge is -2.13. The highest BCUT2D eigenvalue weighted by molar-refractivity contribution is 5.89. The number of H-pyrrole nitrogens is 1. The summed E-state index contributed by atoms with van der Waals surface area (Å²) < 4.78 is 79.4. The van der Waals surface area contributed by atoms with Gasteiger partial charge in [0.1, 0.15) is 11.4 Å². The maximum absolute atomic E-state index is 14.5. The van der Waals surface area contributed by atoms with Gasteiger partial charge < -0.3 is 25.1 Å². The van der Waals surface area contributed by atoms with E-state index in [4.69, 9.17) is 9.47 Å². The van der Waals surface area contributed by atoms with E-state index in [1.54, 1.807) is 0 Å². The summed E-state index contributed by atoms with van der Waals surface area (Å²) in [6, 6.07) is 1.96. The number of aromatic nitrogens is 2. The van der Waals surface area contributed by atoms with Crippen molar-refractivity contribution in [3.63, 3.8) is 0 Å². The largest absolute Gasteiger partial charge is 0.450 e. The van der Waals surface area contributed by atoms with E-state index in [1.165, 1.54) is 0 Å². The summed E-state index contributed by atoms with van der Waals surface area (Å²) in [6.07, 6.45) is -2.31. The van der Waals surface area contributed by atoms with Crippen LogP contribution >= 0.6 is 0 Å². The summed E-state index contributed by atoms with van der Waals surface area (Å²) in [6.45, 7) is 4.47. The second kappa shape index (κ2) is 10.0. The number of benzene rings is 1. The van der Waals surface area contributed by atoms with Gasteiger partial charge in [0.15, 0.2) is 17.4 Å². The van der Waals surface area contributed by atoms with Crippen molar-refractivity contribution >= 4 is 22.8 Å². The molecule has 7 nitrogen and oxygen atoms in total. The molecule has 0 aliphatic carbocycles. The van der Waals surface area contributed by atoms with Crippen LogP contribution in [0.15, 0.2) is 30.6 Å². The number of aromatic amines is 1. The van der Waals surface area contributed by atoms with E-state index in [1.807, 2.05) is 13.8 Å². The number of alkyl halides is 3. The maximum atomic E-state index is 14.5. The minimum absolute atomic E-state index is 0.0612. The van der Waals surface area contributed by atoms with Crippen molar-refractivity contribution in [3.05, 3.63) is 47.8 Å². The van der Waals surface area contributed by atoms with Crippen LogP contribution in [0.2, 0.25) is 0 Å². The molecule has 178 valence electrons. The Hall–Kier alpha value is -3.41. The number of halogens is 5. The van der Waals surface area contributed by atoms with Gasteiger partial charge in [-0.3, -0.25) is 0 Å². The normalized spacial score (nSPS) is 11.8. The molecule has 3 rings (SSSR count). The molecule has 2 heterocycles. The highest BCUT2D eigenvalue weighted by Crippen LogP contribution is 2.40. The van der Waals surface area contributed by atoms with E-state index in [0.717, 1.165) is 24.4 Å². The molecule has 33 heavy (non-hydrogen) atoms. The maximum Gasteiger partial charge on any atom is 0.418 e. The van der Waals surface area contributed by atoms with Gasteiger partial charge >= 0.3 is 12.2 Å². The quantitative estimate of drug-likeness (QED) is 0.295. The molecule has 12 heteroatoms. The number of pyridine rings is 1. The van der Waals surface area contributed by atoms with Crippen LogP contribution in [0.4, 0.5) is 32.4 Å². The smallest absolute Gasteiger partial charge is 0.418 e. The Balaban J connectivity index is 1.73. The van der Waals surface area contributed by atoms with Gasteiger partial charge in [0.2, 0.25) is 0 Å². The van der Waals surface area contributed by atoms with Crippen molar-refractivity contribution in [2.75, 3.05) is 18.5 Å². The van der Waals surface area contributed by atoms with E-state index >= 15 is 0 Å². The first-order chi connectivity index (χ1) is 15.6. The molecule has 0 saturated heterocycles. The Labute approximate surface area is 185 Å². The molecule has 3 N–H and O–H groups in total. The number of urea groups is 1. The van der Waals surface area contributed by atoms with Crippen LogP contribution in [-0.2, 0) is 10.9 Å². The lowest BCUT2D eigenvalue weighted by atomic mass is 10.2. The number of nitrogens with one attached hydrogen (secondary N) is 3. The zero-order valence-electron chi connectivity index (χ0n) is 17.6. The molecule has 1 aromatic carbocycles. The van der Waals surface area contributed by atoms with Crippen LogP contribution in [0.1, 0.15) is 25.8 Å². The van der Waals surface area contributed by atoms with Crippen molar-refractivity contribution < 1.29 is 36.2 Å². The van der Waals surface area contributed by atoms with Crippen LogP contribution in [0.25, 0.3) is 11.0 Å². The third-order valence-electron chi connectivity index (χ3n) is 4.37. The Morgan fingerprint density at radius 2 is 1.91 bits per heavy atom. The molecule has 0 bridgehead atoms. The van der Waals surface area contributed by atoms with Crippen LogP contribution in [0.5, 0.6) is 11.5 Å². The molecule has 2 amide bonds. The topological polar surface area (TPSA) is 88.3 Å². The second-order valence-electron chi connectivity index (χ2n) is 7.26. The number of hydrogen-bond donors (Lipinski definition) is 3. The zero-order chi connectivity index (χ0) is 24.2. The number of fused-ring (bicyclic) bond motifs is 1. The molecular formula is C21H21F5N4O3. The number of amides is 2. The second-order valence-corrected chi connectivity index (χ2v) is 7.26. The van der Waals surface area contributed by atoms with Gasteiger partial charge in [0.05, 0.1) is 17.1 Å². The van der Waals surface area contributed by atoms with E-state index < -0.39 is 46.3 Å². The van der Waals surface area contributed by atoms with E-state index in [-0.39, 0.29) is 24.0 Å². The first-order valence-corrected chi connectivity index (χ1v) is 9.93. The molecule has 0 fully saturated rings. The molecular weight excluding hydrogens is 451 g/mol. The van der Waals surface area contributed by atoms with Crippen LogP contribution in [0.3, 0.4) is 0 Å². The molecule has 0 saturated carbocycles. The summed E-state index contributed by atoms with van der Waals surface area (Å²) in [5, 5.41) is 4.33. The first kappa shape index (κ1) is 24.2. The Morgan fingerprint density at radius 1 is 1.21 bits per heavy atom. The van der Waals surface area contributed by atoms with Crippen LogP contribution in [0, 0.1) is 11.6 Å². The fourth-order valence-electron chi connectivity index (χ4n) is 2.94. The van der Waals surface area contributed by atoms with Gasteiger partial charge in [-0.05, 0) is 26.3 Å². The number of carbonyl (C=O) groups excluding carboxylic acids is 1. The summed E-state index contributed by atoms with van der Waals surface area (Å²) in [5.41, 5.74) is -1.45. The average Bonchev–Trinajstić information content (AvgIpc) is 3.16. The predicted octanol–water partition coefficient (Wildman–Crippen LogP) is 5.59. The number of nitrogens with zero attached hydrogens (tertiary/aromatic N) is 1. The number of rotatable bonds is 8. The van der Waals surface area contributed by atoms with Crippen molar-refractivity contribution in [3.8, 4) is 11.5 Å². The molecule has 0 aliphatic heterocycles. The molecule has 0 spiro atoms. The van der Waals surface area contributed by atoms with Crippen molar-refractivity contribution in [1.29, 1.82) is 0 Å². The molecule has 0 aliphatic rings. The summed E-state index contributed by atoms with van der Waals surface area (Å²) in [7, 11) is 0. The van der Waals surface area contributed by atoms with Crippen LogP contribution in [-0.4, -0.2) is 35.3 Å². The van der Waals surface area contributed by atoms with E-state index in [2.05, 4.69) is 20.6 Å². The molecule has 0 atom stereocenters. The summed E-state index contributed by atoms with van der Waals surface area (Å²) >= 11 is 0. The Bertz CT molecular complexity index is 1110. The fourth-order valence-corrected chi connectivity index (χ4v) is 2.94. The minimum Gasteiger partial charge on any atom is -0.450 e. The van der Waals surface area contributed by atoms with Crippen molar-refractivity contribution in [2.24, 2.45) is 0 Å².